The molecule has 2 aromatic heterocycles. The van der Waals surface area contributed by atoms with Gasteiger partial charge in [0.05, 0.1) is 36.3 Å². The molecule has 0 radical (unpaired) electrons. The van der Waals surface area contributed by atoms with Crippen molar-refractivity contribution in [2.24, 2.45) is 11.8 Å². The Kier molecular flexibility index (Phi) is 15.3. The molecule has 0 saturated heterocycles. The molecule has 2 aromatic rings. The highest BCUT2D eigenvalue weighted by molar-refractivity contribution is 7.12. The maximum atomic E-state index is 12.8. The molecule has 2 heterocycles. The number of ketones is 1. The molecular weight excluding hydrogens is 709 g/mol. The van der Waals surface area contributed by atoms with Crippen LogP contribution >= 0.6 is 22.7 Å². The van der Waals surface area contributed by atoms with E-state index in [4.69, 9.17) is 18.9 Å². The van der Waals surface area contributed by atoms with Crippen molar-refractivity contribution in [2.45, 2.75) is 136 Å². The zero-order valence-corrected chi connectivity index (χ0v) is 33.8. The number of hydrogen-bond donors (Lipinski definition) is 3. The van der Waals surface area contributed by atoms with Crippen LogP contribution in [0.4, 0.5) is 9.59 Å². The second-order valence-corrected chi connectivity index (χ2v) is 17.3. The molecule has 0 bridgehead atoms. The Labute approximate surface area is 315 Å². The van der Waals surface area contributed by atoms with Gasteiger partial charge in [-0.3, -0.25) is 4.79 Å². The first kappa shape index (κ1) is 42.9. The summed E-state index contributed by atoms with van der Waals surface area (Å²) in [5, 5.41) is 20.0. The van der Waals surface area contributed by atoms with E-state index in [1.165, 1.54) is 36.9 Å². The molecule has 2 aliphatic rings. The minimum atomic E-state index is -0.596. The van der Waals surface area contributed by atoms with E-state index in [2.05, 4.69) is 10.6 Å². The van der Waals surface area contributed by atoms with Crippen LogP contribution in [0, 0.1) is 25.7 Å². The molecule has 0 aromatic carbocycles. The summed E-state index contributed by atoms with van der Waals surface area (Å²) >= 11 is 2.70. The molecule has 2 amide bonds. The molecule has 2 saturated carbocycles. The Hall–Kier alpha value is -3.49. The van der Waals surface area contributed by atoms with E-state index in [1.54, 1.807) is 17.7 Å². The van der Waals surface area contributed by atoms with Crippen LogP contribution in [-0.2, 0) is 18.9 Å². The van der Waals surface area contributed by atoms with Crippen LogP contribution < -0.4 is 10.6 Å². The molecule has 12 nitrogen and oxygen atoms in total. The van der Waals surface area contributed by atoms with Crippen molar-refractivity contribution in [3.8, 4) is 0 Å². The average Bonchev–Trinajstić information content (AvgIpc) is 3.64. The SMILES string of the molecule is COC(=O)c1csc(C(=O)C2CCC(NC(=O)OC(C)(C)C)CC2)c1C.COC(=O)c1csc(C(O)C2CCC(NC(=O)OC(C)(C)C)CC2)c1C. The van der Waals surface area contributed by atoms with Crippen LogP contribution in [0.15, 0.2) is 10.8 Å². The Morgan fingerprint density at radius 1 is 0.692 bits per heavy atom. The van der Waals surface area contributed by atoms with E-state index in [-0.39, 0.29) is 35.7 Å². The van der Waals surface area contributed by atoms with Crippen LogP contribution in [0.2, 0.25) is 0 Å². The fourth-order valence-corrected chi connectivity index (χ4v) is 8.65. The topological polar surface area (TPSA) is 167 Å². The number of nitrogens with one attached hydrogen (secondary N) is 2. The number of amides is 2. The summed E-state index contributed by atoms with van der Waals surface area (Å²) in [6.07, 6.45) is 4.73. The molecule has 1 unspecified atom stereocenters. The third kappa shape index (κ3) is 12.3. The molecule has 0 spiro atoms. The number of esters is 2. The average molecular weight is 765 g/mol. The smallest absolute Gasteiger partial charge is 0.407 e. The highest BCUT2D eigenvalue weighted by atomic mass is 32.1. The molecule has 4 rings (SSSR count). The number of Topliss-reactive ketones (excluding diaryl/α,β-unsaturated/α-hetero) is 1. The van der Waals surface area contributed by atoms with Gasteiger partial charge in [-0.05, 0) is 124 Å². The molecule has 2 aliphatic carbocycles. The van der Waals surface area contributed by atoms with Gasteiger partial charge < -0.3 is 34.7 Å². The number of aliphatic hydroxyl groups is 1. The van der Waals surface area contributed by atoms with Crippen LogP contribution in [0.25, 0.3) is 0 Å². The summed E-state index contributed by atoms with van der Waals surface area (Å²) in [5.74, 6) is -0.659. The quantitative estimate of drug-likeness (QED) is 0.136. The van der Waals surface area contributed by atoms with Crippen molar-refractivity contribution in [3.63, 3.8) is 0 Å². The zero-order valence-electron chi connectivity index (χ0n) is 32.1. The molecule has 0 aliphatic heterocycles. The van der Waals surface area contributed by atoms with Crippen molar-refractivity contribution in [1.29, 1.82) is 0 Å². The van der Waals surface area contributed by atoms with E-state index < -0.39 is 35.5 Å². The lowest BCUT2D eigenvalue weighted by atomic mass is 9.81. The van der Waals surface area contributed by atoms with Gasteiger partial charge in [0.2, 0.25) is 0 Å². The predicted octanol–water partition coefficient (Wildman–Crippen LogP) is 8.07. The lowest BCUT2D eigenvalue weighted by Crippen LogP contribution is -2.41. The van der Waals surface area contributed by atoms with Crippen molar-refractivity contribution < 1.29 is 48.0 Å². The number of ether oxygens (including phenoxy) is 4. The number of alkyl carbamates (subject to hydrolysis) is 2. The van der Waals surface area contributed by atoms with Crippen molar-refractivity contribution in [2.75, 3.05) is 14.2 Å². The second-order valence-electron chi connectivity index (χ2n) is 15.5. The standard InChI is InChI=1S/C19H29NO5S.C19H27NO5S/c2*1-11-14(17(22)24-5)10-26-16(11)15(21)12-6-8-13(9-7-12)20-18(23)25-19(2,3)4/h10,12-13,15,21H,6-9H2,1-5H3,(H,20,23);10,12-13H,6-9H2,1-5H3,(H,20,23). The summed E-state index contributed by atoms with van der Waals surface area (Å²) in [6.45, 7) is 14.6. The Morgan fingerprint density at radius 2 is 1.12 bits per heavy atom. The van der Waals surface area contributed by atoms with Gasteiger partial charge in [-0.25, -0.2) is 19.2 Å². The molecule has 52 heavy (non-hydrogen) atoms. The normalized spacial score (nSPS) is 21.1. The highest BCUT2D eigenvalue weighted by Crippen LogP contribution is 2.39. The van der Waals surface area contributed by atoms with Crippen molar-refractivity contribution in [1.82, 2.24) is 10.6 Å². The van der Waals surface area contributed by atoms with E-state index >= 15 is 0 Å². The lowest BCUT2D eigenvalue weighted by molar-refractivity contribution is 0.0447. The number of hydrogen-bond acceptors (Lipinski definition) is 12. The molecule has 3 N–H and O–H groups in total. The fraction of sp³-hybridized carbons (Fsp3) is 0.658. The van der Waals surface area contributed by atoms with Gasteiger partial charge in [-0.2, -0.15) is 0 Å². The van der Waals surface area contributed by atoms with Gasteiger partial charge in [0, 0.05) is 33.6 Å². The van der Waals surface area contributed by atoms with E-state index in [9.17, 15) is 29.1 Å². The molecular formula is C38H56N2O10S2. The summed E-state index contributed by atoms with van der Waals surface area (Å²) in [4.78, 5) is 61.5. The number of carbonyl (C=O) groups excluding carboxylic acids is 5. The second kappa shape index (κ2) is 18.5. The fourth-order valence-electron chi connectivity index (χ4n) is 6.43. The summed E-state index contributed by atoms with van der Waals surface area (Å²) in [5.41, 5.74) is 1.44. The maximum absolute atomic E-state index is 12.8. The summed E-state index contributed by atoms with van der Waals surface area (Å²) in [7, 11) is 2.69. The molecule has 14 heteroatoms. The largest absolute Gasteiger partial charge is 0.465 e. The van der Waals surface area contributed by atoms with Gasteiger partial charge in [-0.1, -0.05) is 0 Å². The van der Waals surface area contributed by atoms with E-state index in [0.717, 1.165) is 49.0 Å². The lowest BCUT2D eigenvalue weighted by Gasteiger charge is -2.32. The van der Waals surface area contributed by atoms with Gasteiger partial charge in [0.1, 0.15) is 11.2 Å². The maximum Gasteiger partial charge on any atom is 0.407 e. The van der Waals surface area contributed by atoms with Crippen LogP contribution in [-0.4, -0.2) is 72.5 Å². The first-order valence-electron chi connectivity index (χ1n) is 17.8. The van der Waals surface area contributed by atoms with Crippen LogP contribution in [0.5, 0.6) is 0 Å². The Balaban J connectivity index is 0.000000280. The Bertz CT molecular complexity index is 1550. The third-order valence-corrected chi connectivity index (χ3v) is 11.4. The monoisotopic (exact) mass is 764 g/mol. The molecule has 290 valence electrons. The first-order valence-corrected chi connectivity index (χ1v) is 19.5. The highest BCUT2D eigenvalue weighted by Gasteiger charge is 2.33. The van der Waals surface area contributed by atoms with Crippen molar-refractivity contribution in [3.05, 3.63) is 42.8 Å². The predicted molar refractivity (Wildman–Crippen MR) is 200 cm³/mol. The van der Waals surface area contributed by atoms with Gasteiger partial charge in [-0.15, -0.1) is 22.7 Å². The number of thiophene rings is 2. The zero-order chi connectivity index (χ0) is 39.0. The number of rotatable bonds is 8. The third-order valence-electron chi connectivity index (χ3n) is 9.18. The number of methoxy groups -OCH3 is 2. The van der Waals surface area contributed by atoms with Crippen LogP contribution in [0.1, 0.15) is 145 Å². The first-order chi connectivity index (χ1) is 24.2. The van der Waals surface area contributed by atoms with Gasteiger partial charge >= 0.3 is 24.1 Å². The Morgan fingerprint density at radius 3 is 1.56 bits per heavy atom. The van der Waals surface area contributed by atoms with Gasteiger partial charge in [0.15, 0.2) is 5.78 Å². The number of carbonyl (C=O) groups is 5. The molecule has 1 atom stereocenters. The van der Waals surface area contributed by atoms with Gasteiger partial charge in [0.25, 0.3) is 0 Å². The van der Waals surface area contributed by atoms with E-state index in [1.807, 2.05) is 48.5 Å². The van der Waals surface area contributed by atoms with E-state index in [0.29, 0.717) is 34.4 Å². The summed E-state index contributed by atoms with van der Waals surface area (Å²) < 4.78 is 20.1. The number of aliphatic hydroxyl groups excluding tert-OH is 1. The minimum absolute atomic E-state index is 0.0314. The minimum Gasteiger partial charge on any atom is -0.465 e. The van der Waals surface area contributed by atoms with Crippen LogP contribution in [0.3, 0.4) is 0 Å². The van der Waals surface area contributed by atoms with Crippen molar-refractivity contribution >= 4 is 52.6 Å². The molecule has 2 fully saturated rings. The summed E-state index contributed by atoms with van der Waals surface area (Å²) in [6, 6.07) is 0.104.